The number of likely N-dealkylation sites (N-methyl/N-ethyl adjacent to an activating group) is 1. The van der Waals surface area contributed by atoms with Gasteiger partial charge in [-0.25, -0.2) is 14.6 Å². The van der Waals surface area contributed by atoms with Crippen molar-refractivity contribution >= 4 is 17.6 Å². The second kappa shape index (κ2) is 3.80. The van der Waals surface area contributed by atoms with E-state index < -0.39 is 6.03 Å². The molecule has 1 aliphatic rings. The molecule has 0 aliphatic carbocycles. The molecule has 16 heavy (non-hydrogen) atoms. The summed E-state index contributed by atoms with van der Waals surface area (Å²) < 4.78 is 12.7. The molecule has 1 aromatic carbocycles. The number of carbonyl (C=O) groups is 2. The van der Waals surface area contributed by atoms with Crippen LogP contribution in [0.1, 0.15) is 0 Å². The molecule has 1 N–H and O–H groups in total. The monoisotopic (exact) mass is 223 g/mol. The van der Waals surface area contributed by atoms with Gasteiger partial charge in [-0.1, -0.05) is 0 Å². The van der Waals surface area contributed by atoms with E-state index in [1.807, 2.05) is 0 Å². The Kier molecular flexibility index (Phi) is 2.47. The van der Waals surface area contributed by atoms with E-state index in [1.54, 1.807) is 0 Å². The van der Waals surface area contributed by atoms with Crippen LogP contribution in [0.15, 0.2) is 24.3 Å². The molecule has 0 unspecified atom stereocenters. The van der Waals surface area contributed by atoms with Crippen molar-refractivity contribution in [3.8, 4) is 0 Å². The van der Waals surface area contributed by atoms with Gasteiger partial charge in [0.2, 0.25) is 0 Å². The highest BCUT2D eigenvalue weighted by Gasteiger charge is 2.27. The number of carbonyl (C=O) groups excluding carboxylic acids is 2. The minimum absolute atomic E-state index is 0.0356. The highest BCUT2D eigenvalue weighted by atomic mass is 19.1. The zero-order valence-electron chi connectivity index (χ0n) is 8.61. The van der Waals surface area contributed by atoms with Crippen LogP contribution >= 0.6 is 0 Å². The number of rotatable bonds is 1. The van der Waals surface area contributed by atoms with Crippen molar-refractivity contribution in [1.29, 1.82) is 0 Å². The molecule has 3 amide bonds. The van der Waals surface area contributed by atoms with Crippen molar-refractivity contribution in [2.45, 2.75) is 0 Å². The molecule has 0 atom stereocenters. The smallest absolute Gasteiger partial charge is 0.275 e. The van der Waals surface area contributed by atoms with E-state index in [2.05, 4.69) is 5.43 Å². The van der Waals surface area contributed by atoms with Crippen LogP contribution in [0.4, 0.5) is 14.9 Å². The van der Waals surface area contributed by atoms with Crippen LogP contribution in [0.5, 0.6) is 0 Å². The quantitative estimate of drug-likeness (QED) is 0.763. The first-order valence-corrected chi connectivity index (χ1v) is 4.68. The molecule has 0 aromatic heterocycles. The van der Waals surface area contributed by atoms with Gasteiger partial charge in [-0.3, -0.25) is 14.7 Å². The number of anilines is 1. The third-order valence-electron chi connectivity index (χ3n) is 2.34. The maximum absolute atomic E-state index is 12.7. The molecule has 1 saturated heterocycles. The number of hydrazine groups is 1. The summed E-state index contributed by atoms with van der Waals surface area (Å²) in [6.45, 7) is 0.0356. The standard InChI is InChI=1S/C10H10FN3O2/c1-13-9(15)6-14(12-10(13)16)8-4-2-7(11)3-5-8/h2-5H,6H2,1H3,(H,12,16). The lowest BCUT2D eigenvalue weighted by atomic mass is 10.3. The predicted molar refractivity (Wildman–Crippen MR) is 55.0 cm³/mol. The van der Waals surface area contributed by atoms with Gasteiger partial charge in [0.15, 0.2) is 0 Å². The number of halogens is 1. The molecule has 5 nitrogen and oxygen atoms in total. The Morgan fingerprint density at radius 1 is 1.25 bits per heavy atom. The van der Waals surface area contributed by atoms with Crippen LogP contribution in [-0.4, -0.2) is 30.4 Å². The Morgan fingerprint density at radius 2 is 1.88 bits per heavy atom. The van der Waals surface area contributed by atoms with E-state index in [1.165, 1.54) is 36.3 Å². The van der Waals surface area contributed by atoms with Gasteiger partial charge in [0.1, 0.15) is 12.4 Å². The van der Waals surface area contributed by atoms with Crippen molar-refractivity contribution in [3.63, 3.8) is 0 Å². The molecule has 0 saturated carbocycles. The summed E-state index contributed by atoms with van der Waals surface area (Å²) in [5.41, 5.74) is 3.08. The molecule has 0 bridgehead atoms. The molecule has 0 radical (unpaired) electrons. The van der Waals surface area contributed by atoms with Crippen LogP contribution in [0.25, 0.3) is 0 Å². The fourth-order valence-corrected chi connectivity index (χ4v) is 1.36. The maximum atomic E-state index is 12.7. The van der Waals surface area contributed by atoms with Crippen LogP contribution in [0, 0.1) is 5.82 Å². The van der Waals surface area contributed by atoms with E-state index in [0.717, 1.165) is 4.90 Å². The van der Waals surface area contributed by atoms with E-state index in [0.29, 0.717) is 5.69 Å². The number of urea groups is 1. The molecule has 1 aromatic rings. The average molecular weight is 223 g/mol. The normalized spacial score (nSPS) is 16.4. The Hall–Kier alpha value is -2.11. The van der Waals surface area contributed by atoms with Gasteiger partial charge in [-0.05, 0) is 24.3 Å². The average Bonchev–Trinajstić information content (AvgIpc) is 2.26. The lowest BCUT2D eigenvalue weighted by Crippen LogP contribution is -2.59. The first kappa shape index (κ1) is 10.4. The van der Waals surface area contributed by atoms with Gasteiger partial charge < -0.3 is 0 Å². The summed E-state index contributed by atoms with van der Waals surface area (Å²) in [6.07, 6.45) is 0. The largest absolute Gasteiger partial charge is 0.342 e. The third kappa shape index (κ3) is 1.81. The third-order valence-corrected chi connectivity index (χ3v) is 2.34. The summed E-state index contributed by atoms with van der Waals surface area (Å²) in [7, 11) is 1.40. The van der Waals surface area contributed by atoms with Crippen LogP contribution in [-0.2, 0) is 4.79 Å². The molecule has 84 valence electrons. The van der Waals surface area contributed by atoms with Crippen LogP contribution in [0.2, 0.25) is 0 Å². The number of imide groups is 1. The van der Waals surface area contributed by atoms with E-state index >= 15 is 0 Å². The highest BCUT2D eigenvalue weighted by Crippen LogP contribution is 2.15. The number of amides is 3. The minimum atomic E-state index is -0.499. The van der Waals surface area contributed by atoms with Crippen molar-refractivity contribution < 1.29 is 14.0 Å². The molecule has 1 aliphatic heterocycles. The first-order valence-electron chi connectivity index (χ1n) is 4.68. The number of hydrogen-bond donors (Lipinski definition) is 1. The number of benzene rings is 1. The summed E-state index contributed by atoms with van der Waals surface area (Å²) >= 11 is 0. The SMILES string of the molecule is CN1C(=O)CN(c2ccc(F)cc2)NC1=O. The molecule has 1 fully saturated rings. The molecule has 0 spiro atoms. The second-order valence-corrected chi connectivity index (χ2v) is 3.43. The van der Waals surface area contributed by atoms with Crippen LogP contribution in [0.3, 0.4) is 0 Å². The van der Waals surface area contributed by atoms with Crippen molar-refractivity contribution in [1.82, 2.24) is 10.3 Å². The fourth-order valence-electron chi connectivity index (χ4n) is 1.36. The second-order valence-electron chi connectivity index (χ2n) is 3.43. The topological polar surface area (TPSA) is 52.7 Å². The molecular weight excluding hydrogens is 213 g/mol. The van der Waals surface area contributed by atoms with E-state index in [4.69, 9.17) is 0 Å². The molecule has 1 heterocycles. The maximum Gasteiger partial charge on any atom is 0.342 e. The Balaban J connectivity index is 2.20. The van der Waals surface area contributed by atoms with E-state index in [-0.39, 0.29) is 18.3 Å². The van der Waals surface area contributed by atoms with Gasteiger partial charge in [0, 0.05) is 7.05 Å². The van der Waals surface area contributed by atoms with Gasteiger partial charge in [0.25, 0.3) is 5.91 Å². The molecular formula is C10H10FN3O2. The lowest BCUT2D eigenvalue weighted by molar-refractivity contribution is -0.126. The van der Waals surface area contributed by atoms with Gasteiger partial charge in [0.05, 0.1) is 5.69 Å². The van der Waals surface area contributed by atoms with E-state index in [9.17, 15) is 14.0 Å². The summed E-state index contributed by atoms with van der Waals surface area (Å²) in [4.78, 5) is 23.7. The predicted octanol–water partition coefficient (Wildman–Crippen LogP) is 0.729. The Bertz CT molecular complexity index is 414. The fraction of sp³-hybridized carbons (Fsp3) is 0.200. The Morgan fingerprint density at radius 3 is 2.44 bits per heavy atom. The first-order chi connectivity index (χ1) is 7.58. The lowest BCUT2D eigenvalue weighted by Gasteiger charge is -2.32. The zero-order chi connectivity index (χ0) is 11.7. The minimum Gasteiger partial charge on any atom is -0.275 e. The summed E-state index contributed by atoms with van der Waals surface area (Å²) in [6, 6.07) is 5.03. The molecule has 6 heteroatoms. The van der Waals surface area contributed by atoms with Gasteiger partial charge >= 0.3 is 6.03 Å². The van der Waals surface area contributed by atoms with Crippen molar-refractivity contribution in [3.05, 3.63) is 30.1 Å². The van der Waals surface area contributed by atoms with Crippen molar-refractivity contribution in [2.75, 3.05) is 18.6 Å². The van der Waals surface area contributed by atoms with Gasteiger partial charge in [-0.2, -0.15) is 0 Å². The summed E-state index contributed by atoms with van der Waals surface area (Å²) in [5.74, 6) is -0.677. The van der Waals surface area contributed by atoms with Crippen LogP contribution < -0.4 is 10.4 Å². The number of nitrogens with one attached hydrogen (secondary N) is 1. The molecule has 2 rings (SSSR count). The number of nitrogens with zero attached hydrogens (tertiary/aromatic N) is 2. The Labute approximate surface area is 91.4 Å². The zero-order valence-corrected chi connectivity index (χ0v) is 8.61. The number of hydrogen-bond acceptors (Lipinski definition) is 3. The highest BCUT2D eigenvalue weighted by molar-refractivity contribution is 5.99. The summed E-state index contributed by atoms with van der Waals surface area (Å²) in [5, 5.41) is 1.38. The van der Waals surface area contributed by atoms with Crippen molar-refractivity contribution in [2.24, 2.45) is 0 Å². The van der Waals surface area contributed by atoms with Gasteiger partial charge in [-0.15, -0.1) is 0 Å².